The van der Waals surface area contributed by atoms with Crippen LogP contribution in [0.25, 0.3) is 0 Å². The van der Waals surface area contributed by atoms with E-state index in [0.717, 1.165) is 13.1 Å². The quantitative estimate of drug-likeness (QED) is 0.449. The number of allylic oxidation sites excluding steroid dienone is 1. The molecular formula is C7H12N2. The maximum atomic E-state index is 8.11. The van der Waals surface area contributed by atoms with E-state index < -0.39 is 0 Å². The fourth-order valence-corrected chi connectivity index (χ4v) is 0.448. The van der Waals surface area contributed by atoms with Gasteiger partial charge in [0.05, 0.1) is 6.07 Å². The minimum absolute atomic E-state index is 0.595. The minimum Gasteiger partial charge on any atom is -0.312 e. The van der Waals surface area contributed by atoms with Gasteiger partial charge in [-0.25, -0.2) is 0 Å². The van der Waals surface area contributed by atoms with Crippen molar-refractivity contribution in [1.82, 2.24) is 5.32 Å². The molecule has 0 radical (unpaired) electrons. The molecule has 0 aromatic rings. The van der Waals surface area contributed by atoms with Crippen molar-refractivity contribution in [2.75, 3.05) is 13.1 Å². The molecule has 0 spiro atoms. The van der Waals surface area contributed by atoms with Gasteiger partial charge in [-0.15, -0.1) is 0 Å². The summed E-state index contributed by atoms with van der Waals surface area (Å²) in [6.45, 7) is 3.64. The standard InChI is InChI=1S/C7H12N2/c1-2-3-6-9-7-4-5-8/h2-3,9H,4,6-7H2,1H3/b3-2+. The Morgan fingerprint density at radius 2 is 2.44 bits per heavy atom. The Balaban J connectivity index is 2.85. The van der Waals surface area contributed by atoms with Crippen molar-refractivity contribution < 1.29 is 0 Å². The van der Waals surface area contributed by atoms with E-state index in [2.05, 4.69) is 11.4 Å². The van der Waals surface area contributed by atoms with E-state index >= 15 is 0 Å². The normalized spacial score (nSPS) is 9.78. The third-order valence-corrected chi connectivity index (χ3v) is 0.911. The Bertz CT molecular complexity index is 111. The molecule has 0 amide bonds. The van der Waals surface area contributed by atoms with Crippen LogP contribution in [-0.2, 0) is 0 Å². The number of nitrogens with zero attached hydrogens (tertiary/aromatic N) is 1. The number of nitrogens with one attached hydrogen (secondary N) is 1. The van der Waals surface area contributed by atoms with Gasteiger partial charge in [-0.3, -0.25) is 0 Å². The average molecular weight is 124 g/mol. The lowest BCUT2D eigenvalue weighted by molar-refractivity contribution is 0.761. The molecule has 0 aliphatic heterocycles. The summed E-state index contributed by atoms with van der Waals surface area (Å²) in [6, 6.07) is 2.06. The van der Waals surface area contributed by atoms with Crippen LogP contribution in [0, 0.1) is 11.3 Å². The lowest BCUT2D eigenvalue weighted by atomic mass is 10.4. The van der Waals surface area contributed by atoms with E-state index in [9.17, 15) is 0 Å². The van der Waals surface area contributed by atoms with Crippen LogP contribution >= 0.6 is 0 Å². The summed E-state index contributed by atoms with van der Waals surface area (Å²) >= 11 is 0. The Labute approximate surface area is 56.2 Å². The van der Waals surface area contributed by atoms with Gasteiger partial charge in [0, 0.05) is 19.5 Å². The first-order valence-electron chi connectivity index (χ1n) is 3.10. The molecular weight excluding hydrogens is 112 g/mol. The topological polar surface area (TPSA) is 35.8 Å². The van der Waals surface area contributed by atoms with E-state index in [1.54, 1.807) is 0 Å². The molecule has 0 aliphatic carbocycles. The Kier molecular flexibility index (Phi) is 6.54. The maximum Gasteiger partial charge on any atom is 0.0635 e. The summed E-state index contributed by atoms with van der Waals surface area (Å²) in [5.74, 6) is 0. The van der Waals surface area contributed by atoms with E-state index in [4.69, 9.17) is 5.26 Å². The molecule has 0 heterocycles. The Hall–Kier alpha value is -0.810. The highest BCUT2D eigenvalue weighted by atomic mass is 14.8. The molecule has 0 unspecified atom stereocenters. The second-order valence-corrected chi connectivity index (χ2v) is 1.68. The molecule has 0 fully saturated rings. The smallest absolute Gasteiger partial charge is 0.0635 e. The predicted octanol–water partition coefficient (Wildman–Crippen LogP) is 1.07. The second kappa shape index (κ2) is 7.19. The molecule has 0 aliphatic rings. The van der Waals surface area contributed by atoms with Crippen LogP contribution in [0.5, 0.6) is 0 Å². The molecule has 0 aromatic carbocycles. The van der Waals surface area contributed by atoms with Crippen LogP contribution in [0.2, 0.25) is 0 Å². The van der Waals surface area contributed by atoms with E-state index in [1.807, 2.05) is 19.1 Å². The molecule has 0 aromatic heterocycles. The highest BCUT2D eigenvalue weighted by Gasteiger charge is 1.78. The van der Waals surface area contributed by atoms with Gasteiger partial charge in [-0.2, -0.15) is 5.26 Å². The summed E-state index contributed by atoms with van der Waals surface area (Å²) < 4.78 is 0. The molecule has 50 valence electrons. The van der Waals surface area contributed by atoms with Gasteiger partial charge < -0.3 is 5.32 Å². The molecule has 0 saturated heterocycles. The lowest BCUT2D eigenvalue weighted by Gasteiger charge is -1.92. The average Bonchev–Trinajstić information content (AvgIpc) is 1.89. The molecule has 2 heteroatoms. The zero-order chi connectivity index (χ0) is 6.95. The zero-order valence-corrected chi connectivity index (χ0v) is 5.72. The largest absolute Gasteiger partial charge is 0.312 e. The summed E-state index contributed by atoms with van der Waals surface area (Å²) in [4.78, 5) is 0. The molecule has 9 heavy (non-hydrogen) atoms. The second-order valence-electron chi connectivity index (χ2n) is 1.68. The van der Waals surface area contributed by atoms with Crippen LogP contribution in [0.15, 0.2) is 12.2 Å². The first-order valence-corrected chi connectivity index (χ1v) is 3.10. The van der Waals surface area contributed by atoms with E-state index in [0.29, 0.717) is 6.42 Å². The summed E-state index contributed by atoms with van der Waals surface area (Å²) in [5.41, 5.74) is 0. The Morgan fingerprint density at radius 3 is 3.00 bits per heavy atom. The van der Waals surface area contributed by atoms with Crippen molar-refractivity contribution in [3.63, 3.8) is 0 Å². The number of hydrogen-bond donors (Lipinski definition) is 1. The van der Waals surface area contributed by atoms with Gasteiger partial charge in [0.1, 0.15) is 0 Å². The number of rotatable bonds is 4. The van der Waals surface area contributed by atoms with Crippen molar-refractivity contribution in [3.8, 4) is 6.07 Å². The SMILES string of the molecule is C/C=C/CNCCC#N. The summed E-state index contributed by atoms with van der Waals surface area (Å²) in [6.07, 6.45) is 4.61. The van der Waals surface area contributed by atoms with Crippen molar-refractivity contribution >= 4 is 0 Å². The van der Waals surface area contributed by atoms with Gasteiger partial charge in [-0.1, -0.05) is 12.2 Å². The van der Waals surface area contributed by atoms with Gasteiger partial charge in [-0.05, 0) is 6.92 Å². The predicted molar refractivity (Wildman–Crippen MR) is 37.9 cm³/mol. The lowest BCUT2D eigenvalue weighted by Crippen LogP contribution is -2.13. The van der Waals surface area contributed by atoms with Crippen LogP contribution in [0.3, 0.4) is 0 Å². The van der Waals surface area contributed by atoms with Gasteiger partial charge in [0.25, 0.3) is 0 Å². The van der Waals surface area contributed by atoms with Crippen LogP contribution < -0.4 is 5.32 Å². The van der Waals surface area contributed by atoms with Gasteiger partial charge in [0.15, 0.2) is 0 Å². The monoisotopic (exact) mass is 124 g/mol. The summed E-state index contributed by atoms with van der Waals surface area (Å²) in [5, 5.41) is 11.2. The first-order chi connectivity index (χ1) is 4.41. The zero-order valence-electron chi connectivity index (χ0n) is 5.72. The van der Waals surface area contributed by atoms with Gasteiger partial charge >= 0.3 is 0 Å². The molecule has 1 N–H and O–H groups in total. The Morgan fingerprint density at radius 1 is 1.67 bits per heavy atom. The summed E-state index contributed by atoms with van der Waals surface area (Å²) in [7, 11) is 0. The molecule has 0 saturated carbocycles. The molecule has 0 rings (SSSR count). The van der Waals surface area contributed by atoms with E-state index in [-0.39, 0.29) is 0 Å². The maximum absolute atomic E-state index is 8.11. The van der Waals surface area contributed by atoms with Crippen molar-refractivity contribution in [2.45, 2.75) is 13.3 Å². The van der Waals surface area contributed by atoms with Crippen molar-refractivity contribution in [1.29, 1.82) is 5.26 Å². The highest BCUT2D eigenvalue weighted by Crippen LogP contribution is 1.70. The number of hydrogen-bond acceptors (Lipinski definition) is 2. The first kappa shape index (κ1) is 8.19. The van der Waals surface area contributed by atoms with Gasteiger partial charge in [0.2, 0.25) is 0 Å². The third kappa shape index (κ3) is 7.19. The molecule has 0 atom stereocenters. The van der Waals surface area contributed by atoms with Crippen LogP contribution in [0.1, 0.15) is 13.3 Å². The minimum atomic E-state index is 0.595. The van der Waals surface area contributed by atoms with Crippen LogP contribution in [0.4, 0.5) is 0 Å². The number of nitriles is 1. The molecule has 2 nitrogen and oxygen atoms in total. The molecule has 0 bridgehead atoms. The van der Waals surface area contributed by atoms with Crippen molar-refractivity contribution in [2.24, 2.45) is 0 Å². The highest BCUT2D eigenvalue weighted by molar-refractivity contribution is 4.80. The van der Waals surface area contributed by atoms with E-state index in [1.165, 1.54) is 0 Å². The fourth-order valence-electron chi connectivity index (χ4n) is 0.448. The third-order valence-electron chi connectivity index (χ3n) is 0.911. The fraction of sp³-hybridized carbons (Fsp3) is 0.571. The van der Waals surface area contributed by atoms with Crippen LogP contribution in [-0.4, -0.2) is 13.1 Å². The van der Waals surface area contributed by atoms with Crippen molar-refractivity contribution in [3.05, 3.63) is 12.2 Å².